The fourth-order valence-corrected chi connectivity index (χ4v) is 2.75. The van der Waals surface area contributed by atoms with E-state index in [-0.39, 0.29) is 0 Å². The molecule has 5 nitrogen and oxygen atoms in total. The maximum Gasteiger partial charge on any atom is 0.147 e. The Hall–Kier alpha value is -2.69. The Balaban J connectivity index is 2.04. The summed E-state index contributed by atoms with van der Waals surface area (Å²) in [5.41, 5.74) is 3.65. The maximum absolute atomic E-state index is 6.14. The second-order valence-corrected chi connectivity index (χ2v) is 5.76. The van der Waals surface area contributed by atoms with Gasteiger partial charge in [0.25, 0.3) is 0 Å². The van der Waals surface area contributed by atoms with E-state index in [1.807, 2.05) is 38.1 Å². The van der Waals surface area contributed by atoms with Crippen molar-refractivity contribution >= 4 is 11.0 Å². The Bertz CT molecular complexity index is 890. The maximum atomic E-state index is 6.14. The molecule has 0 N–H and O–H groups in total. The van der Waals surface area contributed by atoms with Gasteiger partial charge in [0.1, 0.15) is 34.0 Å². The summed E-state index contributed by atoms with van der Waals surface area (Å²) >= 11 is 0. The van der Waals surface area contributed by atoms with Crippen molar-refractivity contribution in [3.63, 3.8) is 0 Å². The Morgan fingerprint density at radius 3 is 2.77 bits per heavy atom. The molecule has 0 amide bonds. The third-order valence-electron chi connectivity index (χ3n) is 3.85. The Labute approximate surface area is 128 Å². The zero-order valence-corrected chi connectivity index (χ0v) is 12.6. The molecule has 1 aromatic carbocycles. The summed E-state index contributed by atoms with van der Waals surface area (Å²) in [5, 5.41) is 0. The SMILES string of the molecule is COc1ccc2c(c1)OC(C)(C)c1nc3ccncc3nc1-2. The number of methoxy groups -OCH3 is 1. The molecule has 22 heavy (non-hydrogen) atoms. The van der Waals surface area contributed by atoms with Crippen molar-refractivity contribution in [1.82, 2.24) is 15.0 Å². The first-order chi connectivity index (χ1) is 10.6. The molecule has 0 spiro atoms. The van der Waals surface area contributed by atoms with Gasteiger partial charge < -0.3 is 9.47 Å². The lowest BCUT2D eigenvalue weighted by Gasteiger charge is -2.33. The molecule has 0 radical (unpaired) electrons. The van der Waals surface area contributed by atoms with E-state index in [0.717, 1.165) is 39.5 Å². The van der Waals surface area contributed by atoms with E-state index >= 15 is 0 Å². The van der Waals surface area contributed by atoms with Gasteiger partial charge in [0.05, 0.1) is 18.8 Å². The highest BCUT2D eigenvalue weighted by Gasteiger charge is 2.35. The number of pyridine rings is 1. The lowest BCUT2D eigenvalue weighted by atomic mass is 9.94. The lowest BCUT2D eigenvalue weighted by molar-refractivity contribution is 0.100. The van der Waals surface area contributed by atoms with Crippen LogP contribution in [-0.4, -0.2) is 22.1 Å². The summed E-state index contributed by atoms with van der Waals surface area (Å²) in [7, 11) is 1.64. The van der Waals surface area contributed by atoms with Crippen molar-refractivity contribution in [1.29, 1.82) is 0 Å². The predicted octanol–water partition coefficient (Wildman–Crippen LogP) is 3.33. The number of benzene rings is 1. The minimum absolute atomic E-state index is 0.556. The molecule has 5 heteroatoms. The van der Waals surface area contributed by atoms with Gasteiger partial charge in [-0.3, -0.25) is 4.98 Å². The van der Waals surface area contributed by atoms with Crippen LogP contribution < -0.4 is 9.47 Å². The molecule has 4 rings (SSSR count). The molecule has 0 bridgehead atoms. The van der Waals surface area contributed by atoms with Crippen LogP contribution in [-0.2, 0) is 5.60 Å². The minimum Gasteiger partial charge on any atom is -0.497 e. The molecule has 110 valence electrons. The van der Waals surface area contributed by atoms with E-state index in [1.54, 1.807) is 19.5 Å². The molecule has 0 saturated carbocycles. The van der Waals surface area contributed by atoms with Crippen LogP contribution >= 0.6 is 0 Å². The van der Waals surface area contributed by atoms with E-state index in [4.69, 9.17) is 19.4 Å². The van der Waals surface area contributed by atoms with Crippen LogP contribution in [0.25, 0.3) is 22.3 Å². The minimum atomic E-state index is -0.556. The largest absolute Gasteiger partial charge is 0.497 e. The van der Waals surface area contributed by atoms with Crippen molar-refractivity contribution in [2.75, 3.05) is 7.11 Å². The Morgan fingerprint density at radius 1 is 1.09 bits per heavy atom. The molecule has 1 aliphatic heterocycles. The van der Waals surface area contributed by atoms with Crippen LogP contribution in [0.4, 0.5) is 0 Å². The number of hydrogen-bond donors (Lipinski definition) is 0. The predicted molar refractivity (Wildman–Crippen MR) is 83.0 cm³/mol. The summed E-state index contributed by atoms with van der Waals surface area (Å²) in [4.78, 5) is 13.6. The van der Waals surface area contributed by atoms with Crippen molar-refractivity contribution in [3.8, 4) is 22.8 Å². The molecule has 0 fully saturated rings. The van der Waals surface area contributed by atoms with Crippen molar-refractivity contribution in [2.45, 2.75) is 19.4 Å². The number of aromatic nitrogens is 3. The molecular formula is C17H15N3O2. The van der Waals surface area contributed by atoms with E-state index in [0.29, 0.717) is 0 Å². The first-order valence-electron chi connectivity index (χ1n) is 7.08. The van der Waals surface area contributed by atoms with Gasteiger partial charge in [0, 0.05) is 17.8 Å². The molecule has 0 aliphatic carbocycles. The molecule has 0 unspecified atom stereocenters. The number of rotatable bonds is 1. The summed E-state index contributed by atoms with van der Waals surface area (Å²) < 4.78 is 11.4. The van der Waals surface area contributed by atoms with Crippen LogP contribution in [0.2, 0.25) is 0 Å². The number of nitrogens with zero attached hydrogens (tertiary/aromatic N) is 3. The van der Waals surface area contributed by atoms with Crippen molar-refractivity contribution < 1.29 is 9.47 Å². The molecule has 3 heterocycles. The second-order valence-electron chi connectivity index (χ2n) is 5.76. The quantitative estimate of drug-likeness (QED) is 0.689. The third kappa shape index (κ3) is 1.82. The summed E-state index contributed by atoms with van der Waals surface area (Å²) in [6.07, 6.45) is 3.45. The van der Waals surface area contributed by atoms with Crippen molar-refractivity contribution in [2.24, 2.45) is 0 Å². The van der Waals surface area contributed by atoms with Gasteiger partial charge in [-0.2, -0.15) is 0 Å². The molecular weight excluding hydrogens is 278 g/mol. The first-order valence-corrected chi connectivity index (χ1v) is 7.08. The smallest absolute Gasteiger partial charge is 0.147 e. The van der Waals surface area contributed by atoms with Crippen LogP contribution in [0.15, 0.2) is 36.7 Å². The van der Waals surface area contributed by atoms with Gasteiger partial charge in [-0.1, -0.05) is 0 Å². The number of hydrogen-bond acceptors (Lipinski definition) is 5. The highest BCUT2D eigenvalue weighted by molar-refractivity contribution is 5.81. The van der Waals surface area contributed by atoms with Gasteiger partial charge in [0.15, 0.2) is 0 Å². The van der Waals surface area contributed by atoms with Gasteiger partial charge in [-0.15, -0.1) is 0 Å². The van der Waals surface area contributed by atoms with E-state index < -0.39 is 5.60 Å². The summed E-state index contributed by atoms with van der Waals surface area (Å²) in [5.74, 6) is 1.52. The molecule has 2 aromatic heterocycles. The van der Waals surface area contributed by atoms with E-state index in [2.05, 4.69) is 4.98 Å². The number of fused-ring (bicyclic) bond motifs is 4. The molecule has 0 atom stereocenters. The molecule has 3 aromatic rings. The van der Waals surface area contributed by atoms with Crippen LogP contribution in [0.5, 0.6) is 11.5 Å². The lowest BCUT2D eigenvalue weighted by Crippen LogP contribution is -2.31. The average molecular weight is 293 g/mol. The summed E-state index contributed by atoms with van der Waals surface area (Å²) in [6.45, 7) is 3.99. The first kappa shape index (κ1) is 13.0. The van der Waals surface area contributed by atoms with Gasteiger partial charge in [0.2, 0.25) is 0 Å². The topological polar surface area (TPSA) is 57.1 Å². The fourth-order valence-electron chi connectivity index (χ4n) is 2.75. The van der Waals surface area contributed by atoms with Crippen LogP contribution in [0.3, 0.4) is 0 Å². The highest BCUT2D eigenvalue weighted by Crippen LogP contribution is 2.44. The zero-order valence-electron chi connectivity index (χ0n) is 12.6. The average Bonchev–Trinajstić information content (AvgIpc) is 2.52. The van der Waals surface area contributed by atoms with Gasteiger partial charge >= 0.3 is 0 Å². The number of ether oxygens (including phenoxy) is 2. The van der Waals surface area contributed by atoms with Gasteiger partial charge in [-0.05, 0) is 32.0 Å². The van der Waals surface area contributed by atoms with Gasteiger partial charge in [-0.25, -0.2) is 9.97 Å². The second kappa shape index (κ2) is 4.40. The highest BCUT2D eigenvalue weighted by atomic mass is 16.5. The Morgan fingerprint density at radius 2 is 1.95 bits per heavy atom. The van der Waals surface area contributed by atoms with Crippen LogP contribution in [0.1, 0.15) is 19.5 Å². The monoisotopic (exact) mass is 293 g/mol. The van der Waals surface area contributed by atoms with Crippen molar-refractivity contribution in [3.05, 3.63) is 42.4 Å². The molecule has 1 aliphatic rings. The summed E-state index contributed by atoms with van der Waals surface area (Å²) in [6, 6.07) is 7.61. The standard InChI is InChI=1S/C17H15N3O2/c1-17(2)16-15(19-13-9-18-7-6-12(13)20-16)11-5-4-10(21-3)8-14(11)22-17/h4-9H,1-3H3. The fraction of sp³-hybridized carbons (Fsp3) is 0.235. The van der Waals surface area contributed by atoms with Crippen LogP contribution in [0, 0.1) is 0 Å². The normalized spacial score (nSPS) is 14.9. The third-order valence-corrected chi connectivity index (χ3v) is 3.85. The van der Waals surface area contributed by atoms with E-state index in [9.17, 15) is 0 Å². The zero-order chi connectivity index (χ0) is 15.3. The van der Waals surface area contributed by atoms with E-state index in [1.165, 1.54) is 0 Å². The Kier molecular flexibility index (Phi) is 2.60. The molecule has 0 saturated heterocycles.